The third kappa shape index (κ3) is 45.5. The van der Waals surface area contributed by atoms with Gasteiger partial charge in [0.2, 0.25) is 0 Å². The minimum atomic E-state index is -0.842. The van der Waals surface area contributed by atoms with Crippen molar-refractivity contribution in [3.63, 3.8) is 0 Å². The molecule has 1 unspecified atom stereocenters. The minimum absolute atomic E-state index is 0.123. The van der Waals surface area contributed by atoms with Gasteiger partial charge in [0.25, 0.3) is 0 Å². The molecule has 0 aromatic rings. The van der Waals surface area contributed by atoms with Gasteiger partial charge >= 0.3 is 17.9 Å². The first-order valence-corrected chi connectivity index (χ1v) is 24.1. The van der Waals surface area contributed by atoms with Crippen LogP contribution in [0.25, 0.3) is 0 Å². The van der Waals surface area contributed by atoms with Gasteiger partial charge < -0.3 is 14.2 Å². The van der Waals surface area contributed by atoms with Gasteiger partial charge in [-0.25, -0.2) is 0 Å². The molecule has 0 bridgehead atoms. The summed E-state index contributed by atoms with van der Waals surface area (Å²) in [4.78, 5) is 37.7. The van der Waals surface area contributed by atoms with E-state index in [2.05, 4.69) is 87.6 Å². The fourth-order valence-electron chi connectivity index (χ4n) is 6.31. The van der Waals surface area contributed by atoms with Crippen molar-refractivity contribution in [2.24, 2.45) is 0 Å². The van der Waals surface area contributed by atoms with Gasteiger partial charge in [-0.15, -0.1) is 0 Å². The molecule has 0 heterocycles. The maximum absolute atomic E-state index is 12.7. The van der Waals surface area contributed by atoms with Gasteiger partial charge in [0, 0.05) is 12.8 Å². The van der Waals surface area contributed by atoms with Crippen LogP contribution in [0.4, 0.5) is 0 Å². The van der Waals surface area contributed by atoms with E-state index in [1.165, 1.54) is 116 Å². The van der Waals surface area contributed by atoms with Crippen LogP contribution >= 0.6 is 0 Å². The predicted molar refractivity (Wildman–Crippen MR) is 251 cm³/mol. The van der Waals surface area contributed by atoms with Crippen LogP contribution in [0.1, 0.15) is 213 Å². The molecule has 1 atom stereocenters. The highest BCUT2D eigenvalue weighted by Gasteiger charge is 2.19. The molecule has 0 N–H and O–H groups in total. The summed E-state index contributed by atoms with van der Waals surface area (Å²) in [6.07, 6.45) is 60.5. The highest BCUT2D eigenvalue weighted by atomic mass is 16.6. The molecule has 0 amide bonds. The van der Waals surface area contributed by atoms with Crippen molar-refractivity contribution < 1.29 is 28.6 Å². The first kappa shape index (κ1) is 55.6. The first-order chi connectivity index (χ1) is 29.0. The Bertz CT molecular complexity index is 1170. The Morgan fingerprint density at radius 2 is 0.814 bits per heavy atom. The van der Waals surface area contributed by atoms with E-state index in [1.807, 2.05) is 12.2 Å². The molecule has 0 aromatic carbocycles. The highest BCUT2D eigenvalue weighted by molar-refractivity contribution is 5.72. The molecule has 0 rings (SSSR count). The van der Waals surface area contributed by atoms with Crippen molar-refractivity contribution in [1.29, 1.82) is 0 Å². The molecule has 0 aromatic heterocycles. The molecule has 0 radical (unpaired) electrons. The molecule has 6 heteroatoms. The van der Waals surface area contributed by atoms with E-state index >= 15 is 0 Å². The predicted octanol–water partition coefficient (Wildman–Crippen LogP) is 15.6. The summed E-state index contributed by atoms with van der Waals surface area (Å²) in [6.45, 7) is 6.32. The van der Waals surface area contributed by atoms with Crippen molar-refractivity contribution >= 4 is 17.9 Å². The Morgan fingerprint density at radius 1 is 0.390 bits per heavy atom. The average molecular weight is 821 g/mol. The second kappa shape index (κ2) is 47.3. The van der Waals surface area contributed by atoms with Gasteiger partial charge in [-0.3, -0.25) is 14.4 Å². The van der Waals surface area contributed by atoms with E-state index in [4.69, 9.17) is 14.2 Å². The number of carbonyl (C=O) groups excluding carboxylic acids is 3. The zero-order valence-electron chi connectivity index (χ0n) is 38.2. The largest absolute Gasteiger partial charge is 0.462 e. The van der Waals surface area contributed by atoms with Crippen molar-refractivity contribution in [2.45, 2.75) is 219 Å². The molecule has 0 saturated heterocycles. The van der Waals surface area contributed by atoms with E-state index in [9.17, 15) is 14.4 Å². The second-order valence-corrected chi connectivity index (χ2v) is 15.7. The van der Waals surface area contributed by atoms with Crippen LogP contribution in [0.15, 0.2) is 85.1 Å². The van der Waals surface area contributed by atoms with Crippen LogP contribution in [-0.2, 0) is 28.6 Å². The van der Waals surface area contributed by atoms with E-state index in [0.29, 0.717) is 12.8 Å². The zero-order valence-corrected chi connectivity index (χ0v) is 38.2. The van der Waals surface area contributed by atoms with E-state index in [-0.39, 0.29) is 32.0 Å². The molecule has 336 valence electrons. The SMILES string of the molecule is CC/C=C\C/C=C\C/C=C\CC(=O)OCC(COC(=O)CCCCCCCCCCCC/C=C\C=C/CCCCC)OC(=O)CC/C=C\C/C=C\CCCCCCCC. The number of carbonyl (C=O) groups is 3. The number of allylic oxidation sites excluding steroid dienone is 13. The fraction of sp³-hybridized carbons (Fsp3) is 0.679. The van der Waals surface area contributed by atoms with E-state index < -0.39 is 18.0 Å². The van der Waals surface area contributed by atoms with Crippen LogP contribution in [0, 0.1) is 0 Å². The molecular weight excluding hydrogens is 733 g/mol. The third-order valence-electron chi connectivity index (χ3n) is 9.93. The lowest BCUT2D eigenvalue weighted by atomic mass is 10.1. The lowest BCUT2D eigenvalue weighted by Crippen LogP contribution is -2.30. The number of esters is 3. The molecule has 6 nitrogen and oxygen atoms in total. The summed E-state index contributed by atoms with van der Waals surface area (Å²) in [6, 6.07) is 0. The number of hydrogen-bond acceptors (Lipinski definition) is 6. The van der Waals surface area contributed by atoms with Crippen LogP contribution in [0.5, 0.6) is 0 Å². The van der Waals surface area contributed by atoms with Crippen LogP contribution in [0.3, 0.4) is 0 Å². The zero-order chi connectivity index (χ0) is 43.0. The Balaban J connectivity index is 4.42. The summed E-state index contributed by atoms with van der Waals surface area (Å²) in [5.74, 6) is -1.14. The van der Waals surface area contributed by atoms with Gasteiger partial charge in [-0.2, -0.15) is 0 Å². The molecule has 0 aliphatic heterocycles. The van der Waals surface area contributed by atoms with Crippen molar-refractivity contribution in [3.8, 4) is 0 Å². The maximum Gasteiger partial charge on any atom is 0.309 e. The van der Waals surface area contributed by atoms with Crippen molar-refractivity contribution in [2.75, 3.05) is 13.2 Å². The van der Waals surface area contributed by atoms with Gasteiger partial charge in [-0.05, 0) is 77.0 Å². The van der Waals surface area contributed by atoms with Gasteiger partial charge in [0.05, 0.1) is 6.42 Å². The summed E-state index contributed by atoms with van der Waals surface area (Å²) >= 11 is 0. The van der Waals surface area contributed by atoms with Gasteiger partial charge in [0.1, 0.15) is 13.2 Å². The van der Waals surface area contributed by atoms with Crippen LogP contribution in [-0.4, -0.2) is 37.2 Å². The summed E-state index contributed by atoms with van der Waals surface area (Å²) in [7, 11) is 0. The van der Waals surface area contributed by atoms with Crippen LogP contribution < -0.4 is 0 Å². The lowest BCUT2D eigenvalue weighted by molar-refractivity contribution is -0.166. The minimum Gasteiger partial charge on any atom is -0.462 e. The Morgan fingerprint density at radius 3 is 1.39 bits per heavy atom. The van der Waals surface area contributed by atoms with E-state index in [1.54, 1.807) is 6.08 Å². The van der Waals surface area contributed by atoms with Crippen molar-refractivity contribution in [1.82, 2.24) is 0 Å². The Kier molecular flexibility index (Phi) is 44.5. The van der Waals surface area contributed by atoms with Gasteiger partial charge in [-0.1, -0.05) is 202 Å². The molecule has 0 saturated carbocycles. The quantitative estimate of drug-likeness (QED) is 0.0201. The first-order valence-electron chi connectivity index (χ1n) is 24.1. The average Bonchev–Trinajstić information content (AvgIpc) is 3.23. The molecule has 0 aliphatic carbocycles. The Labute approximate surface area is 363 Å². The monoisotopic (exact) mass is 821 g/mol. The number of hydrogen-bond donors (Lipinski definition) is 0. The summed E-state index contributed by atoms with van der Waals surface area (Å²) in [5.41, 5.74) is 0. The molecule has 0 spiro atoms. The smallest absolute Gasteiger partial charge is 0.309 e. The number of ether oxygens (including phenoxy) is 3. The second-order valence-electron chi connectivity index (χ2n) is 15.7. The van der Waals surface area contributed by atoms with Gasteiger partial charge in [0.15, 0.2) is 6.10 Å². The number of rotatable bonds is 42. The molecular formula is C53H88O6. The lowest BCUT2D eigenvalue weighted by Gasteiger charge is -2.18. The standard InChI is InChI=1S/C53H88O6/c1-4-7-10-13-16-19-21-23-24-25-26-27-28-30-31-34-37-40-43-46-52(55)58-49-50(48-57-51(54)45-42-39-36-33-18-15-12-9-6-3)59-53(56)47-44-41-38-35-32-29-22-20-17-14-11-8-5-2/h9,12,16,18-19,21,23,29,32-33,38-39,41-42,50H,4-8,10-11,13-15,17,20,22,24-28,30-31,34-37,40,43-49H2,1-3H3/b12-9-,19-16-,23-21-,32-29-,33-18-,41-38-,42-39-. The number of unbranched alkanes of at least 4 members (excludes halogenated alkanes) is 19. The fourth-order valence-corrected chi connectivity index (χ4v) is 6.31. The molecule has 59 heavy (non-hydrogen) atoms. The summed E-state index contributed by atoms with van der Waals surface area (Å²) in [5, 5.41) is 0. The normalized spacial score (nSPS) is 12.8. The third-order valence-corrected chi connectivity index (χ3v) is 9.93. The maximum atomic E-state index is 12.7. The topological polar surface area (TPSA) is 78.9 Å². The molecule has 0 aliphatic rings. The Hall–Kier alpha value is -3.41. The van der Waals surface area contributed by atoms with E-state index in [0.717, 1.165) is 51.4 Å². The van der Waals surface area contributed by atoms with Crippen LogP contribution in [0.2, 0.25) is 0 Å². The summed E-state index contributed by atoms with van der Waals surface area (Å²) < 4.78 is 16.5. The molecule has 0 fully saturated rings. The highest BCUT2D eigenvalue weighted by Crippen LogP contribution is 2.13. The van der Waals surface area contributed by atoms with Crippen molar-refractivity contribution in [3.05, 3.63) is 85.1 Å².